The summed E-state index contributed by atoms with van der Waals surface area (Å²) in [7, 11) is 1.91. The molecule has 0 saturated carbocycles. The van der Waals surface area contributed by atoms with Crippen LogP contribution in [0.3, 0.4) is 0 Å². The van der Waals surface area contributed by atoms with Gasteiger partial charge in [0.05, 0.1) is 12.2 Å². The molecule has 0 aliphatic rings. The molecule has 1 heterocycles. The van der Waals surface area contributed by atoms with Crippen LogP contribution in [0.2, 0.25) is 10.0 Å². The highest BCUT2D eigenvalue weighted by Crippen LogP contribution is 2.35. The number of benzene rings is 1. The average molecular weight is 382 g/mol. The molecular formula is C18H25Cl2N5. The Kier molecular flexibility index (Phi) is 6.73. The third-order valence-corrected chi connectivity index (χ3v) is 4.63. The monoisotopic (exact) mass is 381 g/mol. The second-order valence-electron chi connectivity index (χ2n) is 6.48. The molecule has 0 unspecified atom stereocenters. The first-order valence-corrected chi connectivity index (χ1v) is 9.04. The summed E-state index contributed by atoms with van der Waals surface area (Å²) in [5.74, 6) is 0.750. The van der Waals surface area contributed by atoms with Crippen LogP contribution < -0.4 is 10.6 Å². The Balaban J connectivity index is 2.10. The summed E-state index contributed by atoms with van der Waals surface area (Å²) in [4.78, 5) is 4.63. The van der Waals surface area contributed by atoms with Crippen LogP contribution >= 0.6 is 23.2 Å². The van der Waals surface area contributed by atoms with Gasteiger partial charge >= 0.3 is 0 Å². The topological polar surface area (TPSA) is 54.2 Å². The number of halogens is 2. The van der Waals surface area contributed by atoms with Gasteiger partial charge < -0.3 is 10.6 Å². The molecule has 0 aliphatic heterocycles. The maximum Gasteiger partial charge on any atom is 0.191 e. The molecule has 1 aromatic carbocycles. The fraction of sp³-hybridized carbons (Fsp3) is 0.444. The molecule has 5 nitrogen and oxygen atoms in total. The SMILES string of the molecule is CCNC(=NCc1ccnn1C)NCC(C)(C)c1c(Cl)cccc1Cl. The fourth-order valence-corrected chi connectivity index (χ4v) is 3.50. The lowest BCUT2D eigenvalue weighted by Gasteiger charge is -2.28. The molecule has 136 valence electrons. The van der Waals surface area contributed by atoms with Crippen molar-refractivity contribution in [1.82, 2.24) is 20.4 Å². The summed E-state index contributed by atoms with van der Waals surface area (Å²) in [6.45, 7) is 8.24. The minimum absolute atomic E-state index is 0.252. The average Bonchev–Trinajstić information content (AvgIpc) is 2.95. The quantitative estimate of drug-likeness (QED) is 0.591. The van der Waals surface area contributed by atoms with E-state index in [4.69, 9.17) is 23.2 Å². The molecule has 0 radical (unpaired) electrons. The van der Waals surface area contributed by atoms with Gasteiger partial charge in [-0.1, -0.05) is 43.1 Å². The Morgan fingerprint density at radius 1 is 1.20 bits per heavy atom. The van der Waals surface area contributed by atoms with Crippen LogP contribution in [0.4, 0.5) is 0 Å². The third kappa shape index (κ3) is 5.13. The van der Waals surface area contributed by atoms with Crippen molar-refractivity contribution < 1.29 is 0 Å². The van der Waals surface area contributed by atoms with Crippen LogP contribution in [-0.2, 0) is 19.0 Å². The lowest BCUT2D eigenvalue weighted by Crippen LogP contribution is -2.43. The van der Waals surface area contributed by atoms with E-state index in [2.05, 4.69) is 34.6 Å². The van der Waals surface area contributed by atoms with Gasteiger partial charge in [0.15, 0.2) is 5.96 Å². The summed E-state index contributed by atoms with van der Waals surface area (Å²) >= 11 is 12.7. The van der Waals surface area contributed by atoms with Crippen molar-refractivity contribution >= 4 is 29.2 Å². The molecule has 25 heavy (non-hydrogen) atoms. The van der Waals surface area contributed by atoms with Gasteiger partial charge in [0.1, 0.15) is 0 Å². The van der Waals surface area contributed by atoms with Gasteiger partial charge in [0.2, 0.25) is 0 Å². The zero-order chi connectivity index (χ0) is 18.4. The van der Waals surface area contributed by atoms with Gasteiger partial charge in [-0.15, -0.1) is 0 Å². The van der Waals surface area contributed by atoms with E-state index in [1.165, 1.54) is 0 Å². The van der Waals surface area contributed by atoms with E-state index >= 15 is 0 Å². The number of aryl methyl sites for hydroxylation is 1. The lowest BCUT2D eigenvalue weighted by molar-refractivity contribution is 0.509. The van der Waals surface area contributed by atoms with Crippen LogP contribution in [0.15, 0.2) is 35.5 Å². The summed E-state index contributed by atoms with van der Waals surface area (Å²) in [6.07, 6.45) is 1.77. The molecule has 0 fully saturated rings. The van der Waals surface area contributed by atoms with E-state index in [1.54, 1.807) is 6.20 Å². The number of aromatic nitrogens is 2. The first-order chi connectivity index (χ1) is 11.8. The predicted molar refractivity (Wildman–Crippen MR) is 106 cm³/mol. The second kappa shape index (κ2) is 8.59. The molecule has 0 saturated heterocycles. The van der Waals surface area contributed by atoms with Crippen molar-refractivity contribution in [2.75, 3.05) is 13.1 Å². The van der Waals surface area contributed by atoms with Crippen LogP contribution in [0, 0.1) is 0 Å². The summed E-state index contributed by atoms with van der Waals surface area (Å²) in [5, 5.41) is 12.2. The highest BCUT2D eigenvalue weighted by molar-refractivity contribution is 6.36. The van der Waals surface area contributed by atoms with Crippen LogP contribution in [0.5, 0.6) is 0 Å². The van der Waals surface area contributed by atoms with Crippen molar-refractivity contribution in [2.45, 2.75) is 32.7 Å². The van der Waals surface area contributed by atoms with Crippen LogP contribution in [0.25, 0.3) is 0 Å². The van der Waals surface area contributed by atoms with Crippen molar-refractivity contribution in [3.63, 3.8) is 0 Å². The maximum absolute atomic E-state index is 6.37. The molecule has 0 atom stereocenters. The molecular weight excluding hydrogens is 357 g/mol. The highest BCUT2D eigenvalue weighted by Gasteiger charge is 2.26. The number of nitrogens with one attached hydrogen (secondary N) is 2. The Hall–Kier alpha value is -1.72. The first kappa shape index (κ1) is 19.6. The molecule has 1 aromatic heterocycles. The lowest BCUT2D eigenvalue weighted by atomic mass is 9.84. The van der Waals surface area contributed by atoms with Crippen molar-refractivity contribution in [3.05, 3.63) is 51.8 Å². The van der Waals surface area contributed by atoms with Gasteiger partial charge in [-0.2, -0.15) is 5.10 Å². The molecule has 2 N–H and O–H groups in total. The second-order valence-corrected chi connectivity index (χ2v) is 7.29. The minimum Gasteiger partial charge on any atom is -0.357 e. The molecule has 0 amide bonds. The largest absolute Gasteiger partial charge is 0.357 e. The number of aliphatic imine (C=N–C) groups is 1. The number of guanidine groups is 1. The predicted octanol–water partition coefficient (Wildman–Crippen LogP) is 3.76. The number of hydrogen-bond donors (Lipinski definition) is 2. The zero-order valence-corrected chi connectivity index (χ0v) is 16.6. The Labute approximate surface area is 159 Å². The smallest absolute Gasteiger partial charge is 0.191 e. The van der Waals surface area contributed by atoms with Gasteiger partial charge in [-0.05, 0) is 30.7 Å². The van der Waals surface area contributed by atoms with E-state index < -0.39 is 0 Å². The Bertz CT molecular complexity index is 717. The van der Waals surface area contributed by atoms with E-state index in [0.29, 0.717) is 23.1 Å². The van der Waals surface area contributed by atoms with Crippen LogP contribution in [0.1, 0.15) is 32.0 Å². The van der Waals surface area contributed by atoms with E-state index in [0.717, 1.165) is 23.8 Å². The fourth-order valence-electron chi connectivity index (χ4n) is 2.60. The van der Waals surface area contributed by atoms with E-state index in [1.807, 2.05) is 42.9 Å². The van der Waals surface area contributed by atoms with E-state index in [-0.39, 0.29) is 5.41 Å². The summed E-state index contributed by atoms with van der Waals surface area (Å²) in [5.41, 5.74) is 1.73. The number of hydrogen-bond acceptors (Lipinski definition) is 2. The molecule has 7 heteroatoms. The molecule has 2 rings (SSSR count). The van der Waals surface area contributed by atoms with Gasteiger partial charge in [0, 0.05) is 41.8 Å². The van der Waals surface area contributed by atoms with Gasteiger partial charge in [-0.25, -0.2) is 4.99 Å². The van der Waals surface area contributed by atoms with Crippen molar-refractivity contribution in [1.29, 1.82) is 0 Å². The first-order valence-electron chi connectivity index (χ1n) is 8.28. The number of rotatable bonds is 6. The summed E-state index contributed by atoms with van der Waals surface area (Å²) < 4.78 is 1.82. The van der Waals surface area contributed by atoms with Crippen LogP contribution in [-0.4, -0.2) is 28.8 Å². The molecule has 2 aromatic rings. The minimum atomic E-state index is -0.252. The highest BCUT2D eigenvalue weighted by atomic mass is 35.5. The van der Waals surface area contributed by atoms with E-state index in [9.17, 15) is 0 Å². The third-order valence-electron chi connectivity index (χ3n) is 4.00. The molecule has 0 bridgehead atoms. The Morgan fingerprint density at radius 2 is 1.88 bits per heavy atom. The Morgan fingerprint density at radius 3 is 2.44 bits per heavy atom. The molecule has 0 spiro atoms. The van der Waals surface area contributed by atoms with Gasteiger partial charge in [0.25, 0.3) is 0 Å². The van der Waals surface area contributed by atoms with Gasteiger partial charge in [-0.3, -0.25) is 4.68 Å². The van der Waals surface area contributed by atoms with Crippen molar-refractivity contribution in [2.24, 2.45) is 12.0 Å². The maximum atomic E-state index is 6.37. The molecule has 0 aliphatic carbocycles. The zero-order valence-electron chi connectivity index (χ0n) is 15.1. The summed E-state index contributed by atoms with van der Waals surface area (Å²) in [6, 6.07) is 7.55. The normalized spacial score (nSPS) is 12.3. The van der Waals surface area contributed by atoms with Crippen molar-refractivity contribution in [3.8, 4) is 0 Å². The standard InChI is InChI=1S/C18H25Cl2N5/c1-5-21-17(22-11-13-9-10-24-25(13)4)23-12-18(2,3)16-14(19)7-6-8-15(16)20/h6-10H,5,11-12H2,1-4H3,(H2,21,22,23). The number of nitrogens with zero attached hydrogens (tertiary/aromatic N) is 3.